The standard InChI is InChI=1S/C8H2Cl2F3NO2S/c9-7-4(3-14)1-5(8(11,12)13)2-6(7)17(10,15)16/h1-2H. The molecule has 17 heavy (non-hydrogen) atoms. The van der Waals surface area contributed by atoms with Gasteiger partial charge in [0.1, 0.15) is 11.0 Å². The predicted molar refractivity (Wildman–Crippen MR) is 54.2 cm³/mol. The normalized spacial score (nSPS) is 12.2. The number of benzene rings is 1. The van der Waals surface area contributed by atoms with E-state index in [1.165, 1.54) is 6.07 Å². The van der Waals surface area contributed by atoms with Gasteiger partial charge in [-0.25, -0.2) is 8.42 Å². The zero-order valence-electron chi connectivity index (χ0n) is 7.72. The average molecular weight is 304 g/mol. The van der Waals surface area contributed by atoms with Crippen molar-refractivity contribution in [1.82, 2.24) is 0 Å². The Kier molecular flexibility index (Phi) is 3.62. The summed E-state index contributed by atoms with van der Waals surface area (Å²) in [5, 5.41) is 7.93. The molecule has 0 aliphatic carbocycles. The highest BCUT2D eigenvalue weighted by Gasteiger charge is 2.33. The Morgan fingerprint density at radius 3 is 2.18 bits per heavy atom. The first-order chi connectivity index (χ1) is 7.57. The SMILES string of the molecule is N#Cc1cc(C(F)(F)F)cc(S(=O)(=O)Cl)c1Cl. The van der Waals surface area contributed by atoms with Crippen LogP contribution in [0.4, 0.5) is 13.2 Å². The molecule has 0 heterocycles. The van der Waals surface area contributed by atoms with Crippen LogP contribution in [-0.4, -0.2) is 8.42 Å². The topological polar surface area (TPSA) is 57.9 Å². The lowest BCUT2D eigenvalue weighted by atomic mass is 10.1. The van der Waals surface area contributed by atoms with Gasteiger partial charge in [-0.15, -0.1) is 0 Å². The van der Waals surface area contributed by atoms with Crippen molar-refractivity contribution in [2.75, 3.05) is 0 Å². The number of alkyl halides is 3. The van der Waals surface area contributed by atoms with Gasteiger partial charge in [-0.1, -0.05) is 11.6 Å². The summed E-state index contributed by atoms with van der Waals surface area (Å²) < 4.78 is 59.3. The van der Waals surface area contributed by atoms with Gasteiger partial charge < -0.3 is 0 Å². The Labute approximate surface area is 104 Å². The highest BCUT2D eigenvalue weighted by molar-refractivity contribution is 8.13. The maximum absolute atomic E-state index is 12.4. The number of hydrogen-bond acceptors (Lipinski definition) is 3. The highest BCUT2D eigenvalue weighted by atomic mass is 35.7. The third-order valence-electron chi connectivity index (χ3n) is 1.75. The molecule has 1 rings (SSSR count). The lowest BCUT2D eigenvalue weighted by molar-refractivity contribution is -0.137. The molecule has 0 saturated heterocycles. The second kappa shape index (κ2) is 4.37. The van der Waals surface area contributed by atoms with E-state index in [9.17, 15) is 21.6 Å². The maximum Gasteiger partial charge on any atom is 0.416 e. The summed E-state index contributed by atoms with van der Waals surface area (Å²) in [6.45, 7) is 0. The van der Waals surface area contributed by atoms with Gasteiger partial charge in [0.25, 0.3) is 9.05 Å². The third kappa shape index (κ3) is 3.03. The quantitative estimate of drug-likeness (QED) is 0.749. The monoisotopic (exact) mass is 303 g/mol. The molecule has 0 radical (unpaired) electrons. The van der Waals surface area contributed by atoms with Gasteiger partial charge in [-0.05, 0) is 12.1 Å². The summed E-state index contributed by atoms with van der Waals surface area (Å²) in [5.74, 6) is 0. The fraction of sp³-hybridized carbons (Fsp3) is 0.125. The van der Waals surface area contributed by atoms with E-state index in [2.05, 4.69) is 0 Å². The summed E-state index contributed by atoms with van der Waals surface area (Å²) in [5.41, 5.74) is -1.92. The minimum absolute atomic E-state index is 0.283. The van der Waals surface area contributed by atoms with E-state index in [-0.39, 0.29) is 6.07 Å². The summed E-state index contributed by atoms with van der Waals surface area (Å²) >= 11 is 5.46. The van der Waals surface area contributed by atoms with Crippen LogP contribution in [0.25, 0.3) is 0 Å². The maximum atomic E-state index is 12.4. The lowest BCUT2D eigenvalue weighted by Gasteiger charge is -2.10. The number of hydrogen-bond donors (Lipinski definition) is 0. The van der Waals surface area contributed by atoms with E-state index < -0.39 is 36.3 Å². The van der Waals surface area contributed by atoms with Crippen LogP contribution in [-0.2, 0) is 15.2 Å². The minimum atomic E-state index is -4.80. The molecule has 0 fully saturated rings. The van der Waals surface area contributed by atoms with Crippen LogP contribution in [0.1, 0.15) is 11.1 Å². The Bertz CT molecular complexity index is 604. The number of nitrogens with zero attached hydrogens (tertiary/aromatic N) is 1. The molecule has 0 bridgehead atoms. The van der Waals surface area contributed by atoms with Crippen LogP contribution < -0.4 is 0 Å². The molecule has 0 saturated carbocycles. The zero-order chi connectivity index (χ0) is 13.4. The molecular formula is C8H2Cl2F3NO2S. The Morgan fingerprint density at radius 2 is 1.82 bits per heavy atom. The van der Waals surface area contributed by atoms with Crippen LogP contribution in [0.15, 0.2) is 17.0 Å². The van der Waals surface area contributed by atoms with Gasteiger partial charge in [-0.2, -0.15) is 18.4 Å². The molecular weight excluding hydrogens is 302 g/mol. The van der Waals surface area contributed by atoms with Gasteiger partial charge in [0.2, 0.25) is 0 Å². The van der Waals surface area contributed by atoms with E-state index >= 15 is 0 Å². The van der Waals surface area contributed by atoms with Crippen molar-refractivity contribution >= 4 is 31.3 Å². The largest absolute Gasteiger partial charge is 0.416 e. The van der Waals surface area contributed by atoms with Crippen LogP contribution in [0, 0.1) is 11.3 Å². The van der Waals surface area contributed by atoms with Crippen LogP contribution in [0.5, 0.6) is 0 Å². The molecule has 1 aromatic rings. The summed E-state index contributed by atoms with van der Waals surface area (Å²) in [7, 11) is 0.466. The van der Waals surface area contributed by atoms with Crippen molar-refractivity contribution in [3.63, 3.8) is 0 Å². The van der Waals surface area contributed by atoms with Gasteiger partial charge in [-0.3, -0.25) is 0 Å². The second-order valence-corrected chi connectivity index (χ2v) is 5.80. The molecule has 0 amide bonds. The summed E-state index contributed by atoms with van der Waals surface area (Å²) in [4.78, 5) is -0.938. The van der Waals surface area contributed by atoms with Crippen molar-refractivity contribution in [2.45, 2.75) is 11.1 Å². The average Bonchev–Trinajstić information content (AvgIpc) is 2.14. The minimum Gasteiger partial charge on any atom is -0.207 e. The van der Waals surface area contributed by atoms with Gasteiger partial charge in [0.15, 0.2) is 0 Å². The first-order valence-corrected chi connectivity index (χ1v) is 6.51. The summed E-state index contributed by atoms with van der Waals surface area (Å²) in [6.07, 6.45) is -4.80. The van der Waals surface area contributed by atoms with Crippen LogP contribution in [0.3, 0.4) is 0 Å². The van der Waals surface area contributed by atoms with Crippen molar-refractivity contribution in [2.24, 2.45) is 0 Å². The van der Waals surface area contributed by atoms with E-state index in [0.29, 0.717) is 6.07 Å². The van der Waals surface area contributed by atoms with Gasteiger partial charge in [0, 0.05) is 10.7 Å². The lowest BCUT2D eigenvalue weighted by Crippen LogP contribution is -2.07. The van der Waals surface area contributed by atoms with Crippen LogP contribution >= 0.6 is 22.3 Å². The smallest absolute Gasteiger partial charge is 0.207 e. The first-order valence-electron chi connectivity index (χ1n) is 3.83. The van der Waals surface area contributed by atoms with E-state index in [4.69, 9.17) is 27.5 Å². The number of halogens is 5. The molecule has 0 spiro atoms. The summed E-state index contributed by atoms with van der Waals surface area (Å²) in [6, 6.07) is 2.10. The van der Waals surface area contributed by atoms with Gasteiger partial charge in [0.05, 0.1) is 16.1 Å². The molecule has 0 aliphatic rings. The van der Waals surface area contributed by atoms with E-state index in [1.807, 2.05) is 0 Å². The molecule has 3 nitrogen and oxygen atoms in total. The fourth-order valence-electron chi connectivity index (χ4n) is 1.02. The number of rotatable bonds is 1. The molecule has 92 valence electrons. The van der Waals surface area contributed by atoms with E-state index in [0.717, 1.165) is 0 Å². The molecule has 0 aromatic heterocycles. The highest BCUT2D eigenvalue weighted by Crippen LogP contribution is 2.36. The first kappa shape index (κ1) is 14.1. The van der Waals surface area contributed by atoms with Crippen LogP contribution in [0.2, 0.25) is 5.02 Å². The second-order valence-electron chi connectivity index (χ2n) is 2.88. The molecule has 0 atom stereocenters. The Hall–Kier alpha value is -0.970. The Balaban J connectivity index is 3.70. The molecule has 1 aromatic carbocycles. The van der Waals surface area contributed by atoms with Gasteiger partial charge >= 0.3 is 6.18 Å². The number of nitriles is 1. The van der Waals surface area contributed by atoms with E-state index in [1.54, 1.807) is 0 Å². The predicted octanol–water partition coefficient (Wildman–Crippen LogP) is 3.16. The third-order valence-corrected chi connectivity index (χ3v) is 3.61. The van der Waals surface area contributed by atoms with Crippen molar-refractivity contribution in [1.29, 1.82) is 5.26 Å². The molecule has 0 unspecified atom stereocenters. The fourth-order valence-corrected chi connectivity index (χ4v) is 2.55. The van der Waals surface area contributed by atoms with Crippen molar-refractivity contribution in [3.8, 4) is 6.07 Å². The molecule has 9 heteroatoms. The Morgan fingerprint density at radius 1 is 1.29 bits per heavy atom. The molecule has 0 N–H and O–H groups in total. The van der Waals surface area contributed by atoms with Crippen molar-refractivity contribution in [3.05, 3.63) is 28.3 Å². The zero-order valence-corrected chi connectivity index (χ0v) is 10.0. The molecule has 0 aliphatic heterocycles. The van der Waals surface area contributed by atoms with Crippen molar-refractivity contribution < 1.29 is 21.6 Å².